The van der Waals surface area contributed by atoms with Crippen molar-refractivity contribution in [2.45, 2.75) is 13.5 Å². The highest BCUT2D eigenvalue weighted by atomic mass is 79.9. The van der Waals surface area contributed by atoms with Crippen LogP contribution in [0.3, 0.4) is 0 Å². The van der Waals surface area contributed by atoms with Gasteiger partial charge in [-0.3, -0.25) is 4.79 Å². The van der Waals surface area contributed by atoms with Gasteiger partial charge in [0.2, 0.25) is 0 Å². The fourth-order valence-corrected chi connectivity index (χ4v) is 3.09. The van der Waals surface area contributed by atoms with Crippen molar-refractivity contribution in [2.75, 3.05) is 12.8 Å². The van der Waals surface area contributed by atoms with Crippen LogP contribution in [0.1, 0.15) is 20.1 Å². The van der Waals surface area contributed by atoms with E-state index >= 15 is 0 Å². The van der Waals surface area contributed by atoms with E-state index in [-0.39, 0.29) is 5.91 Å². The Bertz CT molecular complexity index is 590. The predicted octanol–water partition coefficient (Wildman–Crippen LogP) is 3.67. The average molecular weight is 339 g/mol. The van der Waals surface area contributed by atoms with Gasteiger partial charge in [-0.05, 0) is 24.6 Å². The summed E-state index contributed by atoms with van der Waals surface area (Å²) in [5, 5.41) is 0. The molecule has 0 atom stereocenters. The Morgan fingerprint density at radius 1 is 1.42 bits per heavy atom. The summed E-state index contributed by atoms with van der Waals surface area (Å²) in [5.74, 6) is 0.000512. The van der Waals surface area contributed by atoms with Crippen molar-refractivity contribution in [1.82, 2.24) is 4.90 Å². The molecule has 0 spiro atoms. The topological polar surface area (TPSA) is 46.3 Å². The first-order chi connectivity index (χ1) is 8.99. The van der Waals surface area contributed by atoms with Crippen molar-refractivity contribution in [2.24, 2.45) is 0 Å². The molecule has 3 nitrogen and oxygen atoms in total. The normalized spacial score (nSPS) is 10.5. The Hall–Kier alpha value is -1.33. The minimum Gasteiger partial charge on any atom is -0.398 e. The number of carbonyl (C=O) groups excluding carboxylic acids is 1. The molecule has 100 valence electrons. The molecule has 0 radical (unpaired) electrons. The van der Waals surface area contributed by atoms with Crippen LogP contribution in [0.25, 0.3) is 0 Å². The van der Waals surface area contributed by atoms with Gasteiger partial charge in [-0.2, -0.15) is 0 Å². The van der Waals surface area contributed by atoms with Crippen molar-refractivity contribution in [1.29, 1.82) is 0 Å². The quantitative estimate of drug-likeness (QED) is 0.927. The average Bonchev–Trinajstić information content (AvgIpc) is 2.71. The number of hydrogen-bond donors (Lipinski definition) is 1. The van der Waals surface area contributed by atoms with Crippen molar-refractivity contribution in [3.8, 4) is 0 Å². The zero-order valence-corrected chi connectivity index (χ0v) is 13.2. The van der Waals surface area contributed by atoms with E-state index in [9.17, 15) is 4.79 Å². The maximum Gasteiger partial charge on any atom is 0.264 e. The Labute approximate surface area is 125 Å². The van der Waals surface area contributed by atoms with Gasteiger partial charge in [0.1, 0.15) is 0 Å². The summed E-state index contributed by atoms with van der Waals surface area (Å²) in [7, 11) is 1.80. The highest BCUT2D eigenvalue weighted by molar-refractivity contribution is 9.10. The fourth-order valence-electron chi connectivity index (χ4n) is 1.74. The van der Waals surface area contributed by atoms with E-state index in [0.29, 0.717) is 17.1 Å². The first-order valence-electron chi connectivity index (χ1n) is 5.84. The Morgan fingerprint density at radius 3 is 2.68 bits per heavy atom. The molecule has 19 heavy (non-hydrogen) atoms. The lowest BCUT2D eigenvalue weighted by molar-refractivity contribution is 0.0789. The second kappa shape index (κ2) is 5.75. The number of carbonyl (C=O) groups is 1. The number of halogens is 1. The van der Waals surface area contributed by atoms with Crippen LogP contribution in [0.15, 0.2) is 34.8 Å². The Morgan fingerprint density at radius 2 is 2.11 bits per heavy atom. The Kier molecular flexibility index (Phi) is 4.27. The Balaban J connectivity index is 2.14. The number of nitrogens with two attached hydrogens (primary N) is 1. The van der Waals surface area contributed by atoms with Crippen molar-refractivity contribution in [3.05, 3.63) is 50.1 Å². The van der Waals surface area contributed by atoms with Gasteiger partial charge in [-0.15, -0.1) is 11.3 Å². The van der Waals surface area contributed by atoms with Crippen LogP contribution in [0.4, 0.5) is 5.69 Å². The highest BCUT2D eigenvalue weighted by Crippen LogP contribution is 2.25. The van der Waals surface area contributed by atoms with Gasteiger partial charge in [0.15, 0.2) is 0 Å². The van der Waals surface area contributed by atoms with Crippen LogP contribution in [-0.2, 0) is 6.54 Å². The van der Waals surface area contributed by atoms with Crippen LogP contribution in [0.2, 0.25) is 0 Å². The zero-order valence-electron chi connectivity index (χ0n) is 10.8. The molecule has 1 aromatic heterocycles. The third-order valence-corrected chi connectivity index (χ3v) is 4.71. The summed E-state index contributed by atoms with van der Waals surface area (Å²) in [6, 6.07) is 9.64. The van der Waals surface area contributed by atoms with E-state index in [4.69, 9.17) is 5.73 Å². The molecule has 0 aliphatic rings. The first kappa shape index (κ1) is 14.1. The lowest BCUT2D eigenvalue weighted by atomic mass is 10.2. The second-order valence-electron chi connectivity index (χ2n) is 4.37. The van der Waals surface area contributed by atoms with Crippen LogP contribution >= 0.6 is 27.3 Å². The van der Waals surface area contributed by atoms with Gasteiger partial charge in [0.25, 0.3) is 5.91 Å². The summed E-state index contributed by atoms with van der Waals surface area (Å²) >= 11 is 4.93. The zero-order chi connectivity index (χ0) is 14.0. The SMILES string of the molecule is Cc1sc(C(=O)N(C)Cc2ccccc2Br)cc1N. The molecule has 2 N–H and O–H groups in total. The lowest BCUT2D eigenvalue weighted by Gasteiger charge is -2.17. The monoisotopic (exact) mass is 338 g/mol. The van der Waals surface area contributed by atoms with Gasteiger partial charge < -0.3 is 10.6 Å². The minimum atomic E-state index is 0.000512. The minimum absolute atomic E-state index is 0.000512. The molecule has 0 aliphatic carbocycles. The molecule has 1 heterocycles. The summed E-state index contributed by atoms with van der Waals surface area (Å²) in [6.45, 7) is 2.49. The summed E-state index contributed by atoms with van der Waals surface area (Å²) < 4.78 is 1.01. The number of amides is 1. The van der Waals surface area contributed by atoms with Gasteiger partial charge in [-0.1, -0.05) is 34.1 Å². The number of thiophene rings is 1. The molecule has 0 fully saturated rings. The van der Waals surface area contributed by atoms with Crippen LogP contribution < -0.4 is 5.73 Å². The van der Waals surface area contributed by atoms with Crippen molar-refractivity contribution < 1.29 is 4.79 Å². The van der Waals surface area contributed by atoms with E-state index < -0.39 is 0 Å². The van der Waals surface area contributed by atoms with Crippen LogP contribution in [0, 0.1) is 6.92 Å². The number of nitrogens with zero attached hydrogens (tertiary/aromatic N) is 1. The number of anilines is 1. The van der Waals surface area contributed by atoms with Gasteiger partial charge in [0, 0.05) is 28.6 Å². The molecule has 2 aromatic rings. The highest BCUT2D eigenvalue weighted by Gasteiger charge is 2.16. The largest absolute Gasteiger partial charge is 0.398 e. The first-order valence-corrected chi connectivity index (χ1v) is 7.44. The number of rotatable bonds is 3. The van der Waals surface area contributed by atoms with Gasteiger partial charge in [0.05, 0.1) is 4.88 Å². The van der Waals surface area contributed by atoms with Gasteiger partial charge in [-0.25, -0.2) is 0 Å². The summed E-state index contributed by atoms with van der Waals surface area (Å²) in [5.41, 5.74) is 7.55. The van der Waals surface area contributed by atoms with Crippen LogP contribution in [-0.4, -0.2) is 17.9 Å². The summed E-state index contributed by atoms with van der Waals surface area (Å²) in [4.78, 5) is 15.7. The maximum atomic E-state index is 12.3. The molecule has 1 amide bonds. The molecule has 0 bridgehead atoms. The predicted molar refractivity (Wildman–Crippen MR) is 83.4 cm³/mol. The molecule has 0 aliphatic heterocycles. The van der Waals surface area contributed by atoms with Crippen LogP contribution in [0.5, 0.6) is 0 Å². The number of aryl methyl sites for hydroxylation is 1. The van der Waals surface area contributed by atoms with E-state index in [0.717, 1.165) is 14.9 Å². The molecular weight excluding hydrogens is 324 g/mol. The molecule has 2 rings (SSSR count). The third-order valence-electron chi connectivity index (χ3n) is 2.88. The molecule has 0 saturated carbocycles. The number of nitrogen functional groups attached to an aromatic ring is 1. The standard InChI is InChI=1S/C14H15BrN2OS/c1-9-12(16)7-13(19-9)14(18)17(2)8-10-5-3-4-6-11(10)15/h3-7H,8,16H2,1-2H3. The van der Waals surface area contributed by atoms with E-state index in [1.807, 2.05) is 31.2 Å². The second-order valence-corrected chi connectivity index (χ2v) is 6.49. The number of hydrogen-bond acceptors (Lipinski definition) is 3. The smallest absolute Gasteiger partial charge is 0.264 e. The molecule has 1 aromatic carbocycles. The van der Waals surface area contributed by atoms with Gasteiger partial charge >= 0.3 is 0 Å². The van der Waals surface area contributed by atoms with E-state index in [1.165, 1.54) is 11.3 Å². The molecule has 0 unspecified atom stereocenters. The summed E-state index contributed by atoms with van der Waals surface area (Å²) in [6.07, 6.45) is 0. The molecule has 5 heteroatoms. The van der Waals surface area contributed by atoms with E-state index in [2.05, 4.69) is 15.9 Å². The van der Waals surface area contributed by atoms with Crippen molar-refractivity contribution >= 4 is 38.9 Å². The maximum absolute atomic E-state index is 12.3. The molecule has 0 saturated heterocycles. The number of benzene rings is 1. The fraction of sp³-hybridized carbons (Fsp3) is 0.214. The lowest BCUT2D eigenvalue weighted by Crippen LogP contribution is -2.25. The van der Waals surface area contributed by atoms with E-state index in [1.54, 1.807) is 18.0 Å². The third kappa shape index (κ3) is 3.16. The van der Waals surface area contributed by atoms with Crippen molar-refractivity contribution in [3.63, 3.8) is 0 Å². The molecular formula is C14H15BrN2OS.